The van der Waals surface area contributed by atoms with Crippen LogP contribution in [0.1, 0.15) is 5.56 Å². The van der Waals surface area contributed by atoms with Gasteiger partial charge in [-0.15, -0.1) is 5.11 Å². The molecule has 3 aromatic carbocycles. The first-order chi connectivity index (χ1) is 14.4. The molecule has 3 rings (SSSR count). The zero-order valence-corrected chi connectivity index (χ0v) is 17.0. The van der Waals surface area contributed by atoms with Gasteiger partial charge in [0.2, 0.25) is 0 Å². The Morgan fingerprint density at radius 3 is 2.06 bits per heavy atom. The van der Waals surface area contributed by atoms with Gasteiger partial charge in [-0.05, 0) is 41.3 Å². The number of rotatable bonds is 6. The molecule has 0 saturated heterocycles. The standard InChI is InChI=1S/C18H14N2O9S2/c21-16(22)7-10-1-3-12(4-2-10)19-20-17-14-6-5-13(30(24,25)26)8-11(14)9-15(18(17)23)31(27,28)29/h1-6,8-9,23H,7H2,(H,21,22)(H,24,25,26)(H,27,28,29). The van der Waals surface area contributed by atoms with Gasteiger partial charge in [0.05, 0.1) is 17.0 Å². The Hall–Kier alpha value is -3.39. The Morgan fingerprint density at radius 2 is 1.52 bits per heavy atom. The van der Waals surface area contributed by atoms with Gasteiger partial charge in [0.15, 0.2) is 5.75 Å². The number of fused-ring (bicyclic) bond motifs is 1. The summed E-state index contributed by atoms with van der Waals surface area (Å²) in [5, 5.41) is 26.9. The third kappa shape index (κ3) is 5.03. The Bertz CT molecular complexity index is 1430. The van der Waals surface area contributed by atoms with Gasteiger partial charge in [-0.3, -0.25) is 13.9 Å². The molecule has 0 aliphatic rings. The van der Waals surface area contributed by atoms with Crippen LogP contribution in [0.3, 0.4) is 0 Å². The summed E-state index contributed by atoms with van der Waals surface area (Å²) in [6.45, 7) is 0. The van der Waals surface area contributed by atoms with Gasteiger partial charge in [0.25, 0.3) is 20.2 Å². The molecular formula is C18H14N2O9S2. The van der Waals surface area contributed by atoms with Crippen LogP contribution in [-0.2, 0) is 31.5 Å². The molecule has 0 aromatic heterocycles. The number of phenols is 1. The molecule has 0 aliphatic carbocycles. The van der Waals surface area contributed by atoms with Crippen LogP contribution in [0, 0.1) is 0 Å². The van der Waals surface area contributed by atoms with E-state index in [1.807, 2.05) is 0 Å². The number of aliphatic carboxylic acids is 1. The van der Waals surface area contributed by atoms with Crippen LogP contribution in [0.5, 0.6) is 5.75 Å². The fourth-order valence-electron chi connectivity index (χ4n) is 2.75. The van der Waals surface area contributed by atoms with E-state index in [0.717, 1.165) is 18.2 Å². The SMILES string of the molecule is O=C(O)Cc1ccc(N=Nc2c(O)c(S(=O)(=O)O)cc3cc(S(=O)(=O)O)ccc23)cc1. The van der Waals surface area contributed by atoms with E-state index in [0.29, 0.717) is 5.56 Å². The molecule has 0 saturated carbocycles. The molecule has 0 atom stereocenters. The van der Waals surface area contributed by atoms with Gasteiger partial charge in [0, 0.05) is 5.39 Å². The van der Waals surface area contributed by atoms with Gasteiger partial charge in [-0.2, -0.15) is 21.9 Å². The summed E-state index contributed by atoms with van der Waals surface area (Å²) in [4.78, 5) is 9.26. The van der Waals surface area contributed by atoms with E-state index in [2.05, 4.69) is 10.2 Å². The zero-order valence-electron chi connectivity index (χ0n) is 15.4. The summed E-state index contributed by atoms with van der Waals surface area (Å²) in [6.07, 6.45) is -0.199. The highest BCUT2D eigenvalue weighted by Gasteiger charge is 2.22. The Morgan fingerprint density at radius 1 is 0.871 bits per heavy atom. The van der Waals surface area contributed by atoms with Crippen molar-refractivity contribution in [3.63, 3.8) is 0 Å². The monoisotopic (exact) mass is 466 g/mol. The van der Waals surface area contributed by atoms with Crippen molar-refractivity contribution in [2.75, 3.05) is 0 Å². The molecule has 0 bridgehead atoms. The number of azo groups is 1. The lowest BCUT2D eigenvalue weighted by Gasteiger charge is -2.09. The molecule has 0 unspecified atom stereocenters. The second kappa shape index (κ2) is 8.03. The van der Waals surface area contributed by atoms with Gasteiger partial charge >= 0.3 is 5.97 Å². The predicted octanol–water partition coefficient (Wildman–Crippen LogP) is 3.08. The fraction of sp³-hybridized carbons (Fsp3) is 0.0556. The molecule has 0 fully saturated rings. The number of nitrogens with zero attached hydrogens (tertiary/aromatic N) is 2. The van der Waals surface area contributed by atoms with E-state index in [4.69, 9.17) is 5.11 Å². The predicted molar refractivity (Wildman–Crippen MR) is 107 cm³/mol. The molecule has 13 heteroatoms. The number of hydrogen-bond donors (Lipinski definition) is 4. The summed E-state index contributed by atoms with van der Waals surface area (Å²) in [5.74, 6) is -1.93. The van der Waals surface area contributed by atoms with Crippen LogP contribution in [0.2, 0.25) is 0 Å². The number of aromatic hydroxyl groups is 1. The molecule has 162 valence electrons. The third-order valence-electron chi connectivity index (χ3n) is 4.16. The van der Waals surface area contributed by atoms with E-state index in [9.17, 15) is 35.8 Å². The van der Waals surface area contributed by atoms with Gasteiger partial charge in [-0.25, -0.2) is 0 Å². The van der Waals surface area contributed by atoms with Gasteiger partial charge in [0.1, 0.15) is 10.6 Å². The van der Waals surface area contributed by atoms with Gasteiger partial charge in [-0.1, -0.05) is 18.2 Å². The molecule has 31 heavy (non-hydrogen) atoms. The summed E-state index contributed by atoms with van der Waals surface area (Å²) < 4.78 is 64.6. The summed E-state index contributed by atoms with van der Waals surface area (Å²) in [5.41, 5.74) is 0.376. The number of carboxylic acid groups (broad SMARTS) is 1. The summed E-state index contributed by atoms with van der Waals surface area (Å²) in [7, 11) is -9.52. The van der Waals surface area contributed by atoms with Crippen LogP contribution in [-0.4, -0.2) is 42.1 Å². The van der Waals surface area contributed by atoms with E-state index in [-0.39, 0.29) is 28.6 Å². The Labute approximate surface area is 175 Å². The smallest absolute Gasteiger partial charge is 0.307 e. The molecule has 0 heterocycles. The van der Waals surface area contributed by atoms with Crippen molar-refractivity contribution >= 4 is 48.4 Å². The van der Waals surface area contributed by atoms with E-state index in [1.165, 1.54) is 30.3 Å². The minimum absolute atomic E-state index is 0.0636. The Balaban J connectivity index is 2.16. The maximum absolute atomic E-state index is 11.6. The molecular weight excluding hydrogens is 452 g/mol. The summed E-state index contributed by atoms with van der Waals surface area (Å²) >= 11 is 0. The molecule has 0 aliphatic heterocycles. The number of benzene rings is 3. The highest BCUT2D eigenvalue weighted by atomic mass is 32.2. The average molecular weight is 466 g/mol. The average Bonchev–Trinajstić information content (AvgIpc) is 2.65. The van der Waals surface area contributed by atoms with E-state index in [1.54, 1.807) is 0 Å². The maximum atomic E-state index is 11.6. The first-order valence-electron chi connectivity index (χ1n) is 8.33. The number of phenolic OH excluding ortho intramolecular Hbond substituents is 1. The summed E-state index contributed by atoms with van der Waals surface area (Å²) in [6, 6.07) is 9.85. The van der Waals surface area contributed by atoms with Crippen molar-refractivity contribution in [2.24, 2.45) is 10.2 Å². The third-order valence-corrected chi connectivity index (χ3v) is 5.87. The van der Waals surface area contributed by atoms with Crippen molar-refractivity contribution in [3.8, 4) is 5.75 Å². The lowest BCUT2D eigenvalue weighted by Crippen LogP contribution is -2.00. The fourth-order valence-corrected chi connectivity index (χ4v) is 3.88. The van der Waals surface area contributed by atoms with Crippen molar-refractivity contribution < 1.29 is 40.9 Å². The van der Waals surface area contributed by atoms with Crippen LogP contribution < -0.4 is 0 Å². The second-order valence-corrected chi connectivity index (χ2v) is 9.15. The molecule has 0 radical (unpaired) electrons. The zero-order chi connectivity index (χ0) is 23.0. The van der Waals surface area contributed by atoms with E-state index < -0.39 is 41.7 Å². The van der Waals surface area contributed by atoms with Crippen molar-refractivity contribution in [1.82, 2.24) is 0 Å². The second-order valence-electron chi connectivity index (χ2n) is 6.34. The topological polar surface area (TPSA) is 191 Å². The van der Waals surface area contributed by atoms with Crippen molar-refractivity contribution in [3.05, 3.63) is 54.1 Å². The van der Waals surface area contributed by atoms with Crippen LogP contribution in [0.4, 0.5) is 11.4 Å². The normalized spacial score (nSPS) is 12.5. The van der Waals surface area contributed by atoms with E-state index >= 15 is 0 Å². The van der Waals surface area contributed by atoms with Gasteiger partial charge < -0.3 is 10.2 Å². The number of carbonyl (C=O) groups is 1. The van der Waals surface area contributed by atoms with Crippen LogP contribution in [0.15, 0.2) is 68.6 Å². The minimum atomic E-state index is -4.92. The maximum Gasteiger partial charge on any atom is 0.307 e. The lowest BCUT2D eigenvalue weighted by atomic mass is 10.1. The molecule has 11 nitrogen and oxygen atoms in total. The molecule has 0 spiro atoms. The number of hydrogen-bond acceptors (Lipinski definition) is 8. The Kier molecular flexibility index (Phi) is 5.78. The quantitative estimate of drug-likeness (QED) is 0.312. The molecule has 0 amide bonds. The van der Waals surface area contributed by atoms with Crippen LogP contribution in [0.25, 0.3) is 10.8 Å². The van der Waals surface area contributed by atoms with Crippen LogP contribution >= 0.6 is 0 Å². The first-order valence-corrected chi connectivity index (χ1v) is 11.2. The largest absolute Gasteiger partial charge is 0.504 e. The highest BCUT2D eigenvalue weighted by molar-refractivity contribution is 7.86. The van der Waals surface area contributed by atoms with Crippen molar-refractivity contribution in [2.45, 2.75) is 16.2 Å². The highest BCUT2D eigenvalue weighted by Crippen LogP contribution is 2.41. The first kappa shape index (κ1) is 22.3. The van der Waals surface area contributed by atoms with Crippen molar-refractivity contribution in [1.29, 1.82) is 0 Å². The lowest BCUT2D eigenvalue weighted by molar-refractivity contribution is -0.136. The molecule has 4 N–H and O–H groups in total. The molecule has 3 aromatic rings. The minimum Gasteiger partial charge on any atom is -0.504 e. The number of carboxylic acids is 1.